The zero-order chi connectivity index (χ0) is 22.2. The van der Waals surface area contributed by atoms with Crippen molar-refractivity contribution in [3.05, 3.63) is 63.7 Å². The number of carbonyl (C=O) groups excluding carboxylic acids is 2. The van der Waals surface area contributed by atoms with Crippen LogP contribution in [0.5, 0.6) is 0 Å². The van der Waals surface area contributed by atoms with E-state index in [9.17, 15) is 19.7 Å². The summed E-state index contributed by atoms with van der Waals surface area (Å²) >= 11 is 0. The molecule has 0 aliphatic carbocycles. The van der Waals surface area contributed by atoms with Crippen LogP contribution in [0.4, 0.5) is 17.1 Å². The number of benzene rings is 2. The number of anilines is 2. The summed E-state index contributed by atoms with van der Waals surface area (Å²) in [4.78, 5) is 37.4. The third-order valence-corrected chi connectivity index (χ3v) is 4.99. The van der Waals surface area contributed by atoms with Gasteiger partial charge in [-0.2, -0.15) is 5.26 Å². The largest absolute Gasteiger partial charge is 0.452 e. The standard InChI is InChI=1S/C22H22N4O5/c23-14-16-5-8-18(9-6-16)24-21(27)15-31-22(28)17-7-10-19(20(13-17)26(29)30)25-11-3-1-2-4-12-25/h5-10,13H,1-4,11-12,15H2,(H,24,27). The van der Waals surface area contributed by atoms with Crippen molar-refractivity contribution in [2.45, 2.75) is 25.7 Å². The van der Waals surface area contributed by atoms with Crippen LogP contribution in [0, 0.1) is 21.4 Å². The molecule has 0 spiro atoms. The second-order valence-corrected chi connectivity index (χ2v) is 7.18. The second-order valence-electron chi connectivity index (χ2n) is 7.18. The Hall–Kier alpha value is -3.93. The van der Waals surface area contributed by atoms with Crippen LogP contribution in [0.15, 0.2) is 42.5 Å². The van der Waals surface area contributed by atoms with Gasteiger partial charge in [-0.25, -0.2) is 4.79 Å². The molecule has 3 rings (SSSR count). The molecule has 1 aliphatic rings. The van der Waals surface area contributed by atoms with Crippen molar-refractivity contribution in [3.8, 4) is 6.07 Å². The van der Waals surface area contributed by atoms with Gasteiger partial charge in [0.1, 0.15) is 5.69 Å². The molecule has 2 aromatic carbocycles. The van der Waals surface area contributed by atoms with Gasteiger partial charge in [-0.15, -0.1) is 0 Å². The Morgan fingerprint density at radius 2 is 1.77 bits per heavy atom. The lowest BCUT2D eigenvalue weighted by Crippen LogP contribution is -2.25. The second kappa shape index (κ2) is 10.2. The minimum Gasteiger partial charge on any atom is -0.452 e. The van der Waals surface area contributed by atoms with Crippen molar-refractivity contribution in [2.75, 3.05) is 29.9 Å². The van der Waals surface area contributed by atoms with Gasteiger partial charge in [0, 0.05) is 24.8 Å². The molecule has 9 nitrogen and oxygen atoms in total. The van der Waals surface area contributed by atoms with Crippen LogP contribution in [0.3, 0.4) is 0 Å². The molecule has 1 fully saturated rings. The molecule has 0 aromatic heterocycles. The van der Waals surface area contributed by atoms with Gasteiger partial charge in [0.25, 0.3) is 11.6 Å². The average molecular weight is 422 g/mol. The minimum atomic E-state index is -0.819. The number of ether oxygens (including phenoxy) is 1. The highest BCUT2D eigenvalue weighted by Crippen LogP contribution is 2.31. The fourth-order valence-corrected chi connectivity index (χ4v) is 3.42. The first-order valence-electron chi connectivity index (χ1n) is 9.98. The number of nitro groups is 1. The Bertz CT molecular complexity index is 1010. The van der Waals surface area contributed by atoms with Crippen LogP contribution < -0.4 is 10.2 Å². The molecule has 1 N–H and O–H groups in total. The minimum absolute atomic E-state index is 0.0106. The molecule has 0 atom stereocenters. The number of nitrogens with zero attached hydrogens (tertiary/aromatic N) is 3. The Balaban J connectivity index is 1.64. The number of rotatable bonds is 6. The van der Waals surface area contributed by atoms with Crippen LogP contribution in [0.25, 0.3) is 0 Å². The van der Waals surface area contributed by atoms with E-state index in [1.54, 1.807) is 30.3 Å². The summed E-state index contributed by atoms with van der Waals surface area (Å²) in [6.45, 7) is 0.931. The van der Waals surface area contributed by atoms with Crippen molar-refractivity contribution < 1.29 is 19.2 Å². The molecule has 0 saturated carbocycles. The van der Waals surface area contributed by atoms with Crippen molar-refractivity contribution in [1.82, 2.24) is 0 Å². The van der Waals surface area contributed by atoms with E-state index in [-0.39, 0.29) is 11.3 Å². The summed E-state index contributed by atoms with van der Waals surface area (Å²) in [5.41, 5.74) is 1.25. The van der Waals surface area contributed by atoms with E-state index in [0.717, 1.165) is 38.8 Å². The van der Waals surface area contributed by atoms with Crippen LogP contribution in [0.1, 0.15) is 41.6 Å². The fourth-order valence-electron chi connectivity index (χ4n) is 3.42. The molecular weight excluding hydrogens is 400 g/mol. The smallest absolute Gasteiger partial charge is 0.338 e. The molecule has 1 heterocycles. The third kappa shape index (κ3) is 5.79. The average Bonchev–Trinajstić information content (AvgIpc) is 3.07. The lowest BCUT2D eigenvalue weighted by Gasteiger charge is -2.22. The van der Waals surface area contributed by atoms with E-state index in [0.29, 0.717) is 16.9 Å². The number of carbonyl (C=O) groups is 2. The molecule has 160 valence electrons. The van der Waals surface area contributed by atoms with Gasteiger partial charge < -0.3 is 15.0 Å². The predicted octanol–water partition coefficient (Wildman–Crippen LogP) is 3.64. The van der Waals surface area contributed by atoms with Gasteiger partial charge in [0.15, 0.2) is 6.61 Å². The van der Waals surface area contributed by atoms with Gasteiger partial charge in [0.2, 0.25) is 0 Å². The zero-order valence-electron chi connectivity index (χ0n) is 16.9. The summed E-state index contributed by atoms with van der Waals surface area (Å²) in [6.07, 6.45) is 4.13. The fraction of sp³-hybridized carbons (Fsp3) is 0.318. The van der Waals surface area contributed by atoms with E-state index < -0.39 is 23.4 Å². The van der Waals surface area contributed by atoms with Gasteiger partial charge in [-0.3, -0.25) is 14.9 Å². The number of hydrogen-bond acceptors (Lipinski definition) is 7. The van der Waals surface area contributed by atoms with Crippen LogP contribution in [-0.4, -0.2) is 36.5 Å². The number of nitriles is 1. The maximum absolute atomic E-state index is 12.3. The summed E-state index contributed by atoms with van der Waals surface area (Å²) < 4.78 is 5.01. The van der Waals surface area contributed by atoms with Crippen LogP contribution >= 0.6 is 0 Å². The van der Waals surface area contributed by atoms with Crippen molar-refractivity contribution in [2.24, 2.45) is 0 Å². The normalized spacial score (nSPS) is 13.6. The summed E-state index contributed by atoms with van der Waals surface area (Å²) in [7, 11) is 0. The quantitative estimate of drug-likeness (QED) is 0.428. The van der Waals surface area contributed by atoms with Crippen LogP contribution in [0.2, 0.25) is 0 Å². The molecule has 0 bridgehead atoms. The Morgan fingerprint density at radius 1 is 1.10 bits per heavy atom. The number of amides is 1. The molecule has 1 aliphatic heterocycles. The maximum atomic E-state index is 12.3. The topological polar surface area (TPSA) is 126 Å². The number of nitrogens with one attached hydrogen (secondary N) is 1. The Labute approximate surface area is 179 Å². The van der Waals surface area contributed by atoms with Gasteiger partial charge in [-0.1, -0.05) is 12.8 Å². The summed E-state index contributed by atoms with van der Waals surface area (Å²) in [6, 6.07) is 12.4. The predicted molar refractivity (Wildman–Crippen MR) is 114 cm³/mol. The number of hydrogen-bond donors (Lipinski definition) is 1. The first-order valence-corrected chi connectivity index (χ1v) is 9.98. The number of esters is 1. The molecule has 2 aromatic rings. The highest BCUT2D eigenvalue weighted by molar-refractivity contribution is 5.96. The van der Waals surface area contributed by atoms with Gasteiger partial charge in [-0.05, 0) is 49.2 Å². The van der Waals surface area contributed by atoms with E-state index in [1.807, 2.05) is 11.0 Å². The molecule has 0 unspecified atom stereocenters. The van der Waals surface area contributed by atoms with Crippen molar-refractivity contribution in [3.63, 3.8) is 0 Å². The summed E-state index contributed by atoms with van der Waals surface area (Å²) in [5.74, 6) is -1.38. The Morgan fingerprint density at radius 3 is 2.39 bits per heavy atom. The van der Waals surface area contributed by atoms with E-state index >= 15 is 0 Å². The molecule has 9 heteroatoms. The first kappa shape index (κ1) is 21.8. The van der Waals surface area contributed by atoms with E-state index in [4.69, 9.17) is 10.00 Å². The maximum Gasteiger partial charge on any atom is 0.338 e. The third-order valence-electron chi connectivity index (χ3n) is 4.99. The van der Waals surface area contributed by atoms with E-state index in [1.165, 1.54) is 12.1 Å². The van der Waals surface area contributed by atoms with Gasteiger partial charge in [0.05, 0.1) is 22.1 Å². The molecule has 31 heavy (non-hydrogen) atoms. The SMILES string of the molecule is N#Cc1ccc(NC(=O)COC(=O)c2ccc(N3CCCCCC3)c([N+](=O)[O-])c2)cc1. The van der Waals surface area contributed by atoms with Crippen LogP contribution in [-0.2, 0) is 9.53 Å². The lowest BCUT2D eigenvalue weighted by molar-refractivity contribution is -0.384. The molecule has 1 saturated heterocycles. The van der Waals surface area contributed by atoms with Gasteiger partial charge >= 0.3 is 5.97 Å². The Kier molecular flexibility index (Phi) is 7.17. The monoisotopic (exact) mass is 422 g/mol. The summed E-state index contributed by atoms with van der Waals surface area (Å²) in [5, 5.41) is 22.9. The molecule has 0 radical (unpaired) electrons. The molecular formula is C22H22N4O5. The highest BCUT2D eigenvalue weighted by atomic mass is 16.6. The molecule has 1 amide bonds. The highest BCUT2D eigenvalue weighted by Gasteiger charge is 2.23. The lowest BCUT2D eigenvalue weighted by atomic mass is 10.1. The zero-order valence-corrected chi connectivity index (χ0v) is 16.9. The van der Waals surface area contributed by atoms with Crippen molar-refractivity contribution >= 4 is 28.9 Å². The number of nitro benzene ring substituents is 1. The first-order chi connectivity index (χ1) is 15.0. The van der Waals surface area contributed by atoms with E-state index in [2.05, 4.69) is 5.32 Å². The van der Waals surface area contributed by atoms with Crippen molar-refractivity contribution in [1.29, 1.82) is 5.26 Å².